The van der Waals surface area contributed by atoms with Crippen LogP contribution in [0.25, 0.3) is 0 Å². The number of piperazine rings is 1. The van der Waals surface area contributed by atoms with Gasteiger partial charge in [0.2, 0.25) is 5.95 Å². The molecule has 1 aromatic heterocycles. The second-order valence-corrected chi connectivity index (χ2v) is 8.58. The van der Waals surface area contributed by atoms with Crippen molar-refractivity contribution in [3.63, 3.8) is 0 Å². The summed E-state index contributed by atoms with van der Waals surface area (Å²) in [5, 5.41) is 6.95. The largest absolute Gasteiger partial charge is 0.491 e. The van der Waals surface area contributed by atoms with Gasteiger partial charge in [-0.25, -0.2) is 4.98 Å². The highest BCUT2D eigenvalue weighted by molar-refractivity contribution is 6.32. The summed E-state index contributed by atoms with van der Waals surface area (Å²) in [5.74, 6) is 1.78. The molecule has 2 heterocycles. The zero-order valence-corrected chi connectivity index (χ0v) is 19.4. The average molecular weight is 453 g/mol. The van der Waals surface area contributed by atoms with E-state index in [2.05, 4.69) is 49.6 Å². The number of ether oxygens (including phenoxy) is 1. The van der Waals surface area contributed by atoms with Gasteiger partial charge in [-0.05, 0) is 57.3 Å². The molecule has 8 heteroatoms. The van der Waals surface area contributed by atoms with Gasteiger partial charge in [0.05, 0.1) is 12.3 Å². The van der Waals surface area contributed by atoms with Crippen molar-refractivity contribution in [3.05, 3.63) is 59.8 Å². The molecule has 7 nitrogen and oxygen atoms in total. The molecular formula is C24H29ClN6O. The number of hydrogen-bond donors (Lipinski definition) is 2. The molecule has 0 spiro atoms. The molecule has 2 N–H and O–H groups in total. The highest BCUT2D eigenvalue weighted by Gasteiger charge is 2.14. The number of hydrogen-bond acceptors (Lipinski definition) is 7. The predicted octanol–water partition coefficient (Wildman–Crippen LogP) is 5.16. The van der Waals surface area contributed by atoms with Gasteiger partial charge >= 0.3 is 0 Å². The van der Waals surface area contributed by atoms with Gasteiger partial charge < -0.3 is 25.2 Å². The van der Waals surface area contributed by atoms with E-state index < -0.39 is 0 Å². The Hall–Kier alpha value is -3.03. The van der Waals surface area contributed by atoms with E-state index >= 15 is 0 Å². The minimum absolute atomic E-state index is 0.103. The fourth-order valence-corrected chi connectivity index (χ4v) is 3.66. The molecule has 1 saturated heterocycles. The fourth-order valence-electron chi connectivity index (χ4n) is 3.52. The minimum Gasteiger partial charge on any atom is -0.491 e. The third kappa shape index (κ3) is 5.81. The molecule has 4 rings (SSSR count). The fraction of sp³-hybridized carbons (Fsp3) is 0.333. The number of nitrogens with zero attached hydrogens (tertiary/aromatic N) is 4. The van der Waals surface area contributed by atoms with E-state index in [9.17, 15) is 0 Å². The number of nitrogens with one attached hydrogen (secondary N) is 2. The molecule has 1 aliphatic heterocycles. The Morgan fingerprint density at radius 1 is 0.969 bits per heavy atom. The SMILES string of the molecule is CC(C)Oc1cccc(Nc2nc(Nc3ccc(N4CCN(C)CC4)cc3)ncc2Cl)c1. The number of likely N-dealkylation sites (N-methyl/N-ethyl adjacent to an activating group) is 1. The van der Waals surface area contributed by atoms with E-state index in [0.29, 0.717) is 16.8 Å². The first-order valence-electron chi connectivity index (χ1n) is 10.8. The van der Waals surface area contributed by atoms with E-state index in [-0.39, 0.29) is 6.10 Å². The summed E-state index contributed by atoms with van der Waals surface area (Å²) in [7, 11) is 2.16. The number of benzene rings is 2. The van der Waals surface area contributed by atoms with Crippen LogP contribution in [0, 0.1) is 0 Å². The topological polar surface area (TPSA) is 65.6 Å². The molecule has 168 valence electrons. The standard InChI is InChI=1S/C24H29ClN6O/c1-17(2)32-21-6-4-5-19(15-21)27-23-22(25)16-26-24(29-23)28-18-7-9-20(10-8-18)31-13-11-30(3)12-14-31/h4-10,15-17H,11-14H2,1-3H3,(H2,26,27,28,29). The molecule has 1 fully saturated rings. The van der Waals surface area contributed by atoms with Gasteiger partial charge in [-0.1, -0.05) is 17.7 Å². The second kappa shape index (κ2) is 10.1. The van der Waals surface area contributed by atoms with Crippen LogP contribution in [0.3, 0.4) is 0 Å². The molecule has 0 amide bonds. The van der Waals surface area contributed by atoms with E-state index in [1.165, 1.54) is 5.69 Å². The third-order valence-electron chi connectivity index (χ3n) is 5.20. The molecule has 1 aliphatic rings. The molecule has 0 atom stereocenters. The highest BCUT2D eigenvalue weighted by Crippen LogP contribution is 2.27. The van der Waals surface area contributed by atoms with E-state index in [1.54, 1.807) is 6.20 Å². The maximum atomic E-state index is 6.33. The Balaban J connectivity index is 1.44. The van der Waals surface area contributed by atoms with Crippen LogP contribution in [0.5, 0.6) is 5.75 Å². The van der Waals surface area contributed by atoms with Crippen LogP contribution in [0.4, 0.5) is 28.8 Å². The molecule has 2 aromatic carbocycles. The Morgan fingerprint density at radius 3 is 2.44 bits per heavy atom. The molecule has 0 bridgehead atoms. The summed E-state index contributed by atoms with van der Waals surface area (Å²) in [6, 6.07) is 16.1. The molecular weight excluding hydrogens is 424 g/mol. The van der Waals surface area contributed by atoms with E-state index in [1.807, 2.05) is 50.2 Å². The van der Waals surface area contributed by atoms with Gasteiger partial charge in [-0.15, -0.1) is 0 Å². The Labute approximate surface area is 194 Å². The first-order chi connectivity index (χ1) is 15.5. The third-order valence-corrected chi connectivity index (χ3v) is 5.48. The molecule has 32 heavy (non-hydrogen) atoms. The van der Waals surface area contributed by atoms with Gasteiger partial charge in [-0.2, -0.15) is 4.98 Å². The quantitative estimate of drug-likeness (QED) is 0.513. The lowest BCUT2D eigenvalue weighted by Crippen LogP contribution is -2.44. The second-order valence-electron chi connectivity index (χ2n) is 8.17. The lowest BCUT2D eigenvalue weighted by atomic mass is 10.2. The number of halogens is 1. The maximum Gasteiger partial charge on any atom is 0.229 e. The van der Waals surface area contributed by atoms with Gasteiger partial charge in [0.1, 0.15) is 10.8 Å². The minimum atomic E-state index is 0.103. The van der Waals surface area contributed by atoms with Crippen molar-refractivity contribution in [2.75, 3.05) is 48.8 Å². The van der Waals surface area contributed by atoms with Gasteiger partial charge in [0, 0.05) is 49.3 Å². The zero-order valence-electron chi connectivity index (χ0n) is 18.7. The van der Waals surface area contributed by atoms with Crippen molar-refractivity contribution >= 4 is 40.4 Å². The van der Waals surface area contributed by atoms with Gasteiger partial charge in [0.25, 0.3) is 0 Å². The first kappa shape index (κ1) is 22.2. The normalized spacial score (nSPS) is 14.5. The van der Waals surface area contributed by atoms with Crippen molar-refractivity contribution in [1.29, 1.82) is 0 Å². The van der Waals surface area contributed by atoms with Crippen LogP contribution in [0.1, 0.15) is 13.8 Å². The summed E-state index contributed by atoms with van der Waals surface area (Å²) in [4.78, 5) is 13.6. The zero-order chi connectivity index (χ0) is 22.5. The van der Waals surface area contributed by atoms with Gasteiger partial charge in [0.15, 0.2) is 5.82 Å². The summed E-state index contributed by atoms with van der Waals surface area (Å²) < 4.78 is 5.76. The summed E-state index contributed by atoms with van der Waals surface area (Å²) in [6.45, 7) is 8.25. The molecule has 0 radical (unpaired) electrons. The monoisotopic (exact) mass is 452 g/mol. The lowest BCUT2D eigenvalue weighted by Gasteiger charge is -2.34. The first-order valence-corrected chi connectivity index (χ1v) is 11.2. The van der Waals surface area contributed by atoms with Crippen molar-refractivity contribution < 1.29 is 4.74 Å². The predicted molar refractivity (Wildman–Crippen MR) is 132 cm³/mol. The molecule has 0 unspecified atom stereocenters. The number of anilines is 5. The smallest absolute Gasteiger partial charge is 0.229 e. The van der Waals surface area contributed by atoms with Crippen molar-refractivity contribution in [2.24, 2.45) is 0 Å². The van der Waals surface area contributed by atoms with Crippen LogP contribution >= 0.6 is 11.6 Å². The molecule has 0 saturated carbocycles. The summed E-state index contributed by atoms with van der Waals surface area (Å²) >= 11 is 6.33. The van der Waals surface area contributed by atoms with Crippen LogP contribution in [-0.2, 0) is 0 Å². The van der Waals surface area contributed by atoms with E-state index in [4.69, 9.17) is 16.3 Å². The number of rotatable bonds is 7. The van der Waals surface area contributed by atoms with Gasteiger partial charge in [-0.3, -0.25) is 0 Å². The highest BCUT2D eigenvalue weighted by atomic mass is 35.5. The average Bonchev–Trinajstić information content (AvgIpc) is 2.77. The Kier molecular flexibility index (Phi) is 6.97. The van der Waals surface area contributed by atoms with Crippen LogP contribution in [0.15, 0.2) is 54.7 Å². The number of aromatic nitrogens is 2. The Bertz CT molecular complexity index is 1030. The Morgan fingerprint density at radius 2 is 1.72 bits per heavy atom. The summed E-state index contributed by atoms with van der Waals surface area (Å²) in [5.41, 5.74) is 2.99. The van der Waals surface area contributed by atoms with Crippen molar-refractivity contribution in [2.45, 2.75) is 20.0 Å². The molecule has 3 aromatic rings. The van der Waals surface area contributed by atoms with E-state index in [0.717, 1.165) is 43.3 Å². The van der Waals surface area contributed by atoms with Crippen LogP contribution in [0.2, 0.25) is 5.02 Å². The molecule has 0 aliphatic carbocycles. The van der Waals surface area contributed by atoms with Crippen molar-refractivity contribution in [1.82, 2.24) is 14.9 Å². The maximum absolute atomic E-state index is 6.33. The van der Waals surface area contributed by atoms with Crippen LogP contribution < -0.4 is 20.3 Å². The lowest BCUT2D eigenvalue weighted by molar-refractivity contribution is 0.242. The van der Waals surface area contributed by atoms with Crippen molar-refractivity contribution in [3.8, 4) is 5.75 Å². The van der Waals surface area contributed by atoms with Crippen LogP contribution in [-0.4, -0.2) is 54.2 Å². The summed E-state index contributed by atoms with van der Waals surface area (Å²) in [6.07, 6.45) is 1.69.